The number of H-pyrrole nitrogens is 1. The number of hydrogen-bond acceptors (Lipinski definition) is 4. The van der Waals surface area contributed by atoms with E-state index in [1.807, 2.05) is 26.0 Å². The van der Waals surface area contributed by atoms with Gasteiger partial charge in [-0.25, -0.2) is 9.50 Å². The summed E-state index contributed by atoms with van der Waals surface area (Å²) in [6, 6.07) is 9.80. The zero-order chi connectivity index (χ0) is 17.4. The molecule has 1 atom stereocenters. The Balaban J connectivity index is 1.52. The molecule has 6 nitrogen and oxygen atoms in total. The monoisotopic (exact) mass is 337 g/mol. The minimum Gasteiger partial charge on any atom is -0.297 e. The lowest BCUT2D eigenvalue weighted by Crippen LogP contribution is -2.20. The van der Waals surface area contributed by atoms with E-state index in [2.05, 4.69) is 32.1 Å². The summed E-state index contributed by atoms with van der Waals surface area (Å²) in [5.74, 6) is 0.399. The molecule has 0 unspecified atom stereocenters. The fraction of sp³-hybridized carbons (Fsp3) is 0.421. The van der Waals surface area contributed by atoms with Crippen LogP contribution in [0.25, 0.3) is 5.65 Å². The highest BCUT2D eigenvalue weighted by molar-refractivity contribution is 5.41. The second-order valence-corrected chi connectivity index (χ2v) is 6.84. The Morgan fingerprint density at radius 3 is 2.92 bits per heavy atom. The SMILES string of the molecule is CCc1cc(=O)n2[nH]c([C@H]3CCN(Cc4cccc(C)n4)C3)cc2n1. The molecule has 3 aromatic rings. The maximum absolute atomic E-state index is 12.2. The molecule has 1 aliphatic rings. The summed E-state index contributed by atoms with van der Waals surface area (Å²) < 4.78 is 1.55. The average molecular weight is 337 g/mol. The van der Waals surface area contributed by atoms with Crippen LogP contribution in [0.2, 0.25) is 0 Å². The topological polar surface area (TPSA) is 66.3 Å². The normalized spacial score (nSPS) is 18.2. The lowest BCUT2D eigenvalue weighted by Gasteiger charge is -2.15. The van der Waals surface area contributed by atoms with Crippen LogP contribution in [0.15, 0.2) is 35.1 Å². The van der Waals surface area contributed by atoms with Crippen LogP contribution in [0.5, 0.6) is 0 Å². The second kappa shape index (κ2) is 6.44. The van der Waals surface area contributed by atoms with Gasteiger partial charge in [-0.2, -0.15) is 0 Å². The van der Waals surface area contributed by atoms with Crippen molar-refractivity contribution >= 4 is 5.65 Å². The van der Waals surface area contributed by atoms with Gasteiger partial charge in [-0.15, -0.1) is 0 Å². The van der Waals surface area contributed by atoms with E-state index in [1.54, 1.807) is 10.6 Å². The summed E-state index contributed by atoms with van der Waals surface area (Å²) in [7, 11) is 0. The standard InChI is InChI=1S/C19H23N5O/c1-3-15-9-19(25)24-18(21-15)10-17(22-24)14-7-8-23(11-14)12-16-6-4-5-13(2)20-16/h4-6,9-10,14,22H,3,7-8,11-12H2,1-2H3/t14-/m0/s1. The number of nitrogens with one attached hydrogen (secondary N) is 1. The maximum atomic E-state index is 12.2. The minimum absolute atomic E-state index is 0.0353. The smallest absolute Gasteiger partial charge is 0.272 e. The number of aromatic amines is 1. The minimum atomic E-state index is -0.0353. The van der Waals surface area contributed by atoms with Crippen molar-refractivity contribution < 1.29 is 0 Å². The van der Waals surface area contributed by atoms with E-state index in [9.17, 15) is 4.79 Å². The number of hydrogen-bond donors (Lipinski definition) is 1. The Bertz CT molecular complexity index is 958. The fourth-order valence-electron chi connectivity index (χ4n) is 3.60. The van der Waals surface area contributed by atoms with Crippen molar-refractivity contribution in [2.24, 2.45) is 0 Å². The fourth-order valence-corrected chi connectivity index (χ4v) is 3.60. The van der Waals surface area contributed by atoms with Gasteiger partial charge in [0.15, 0.2) is 5.65 Å². The van der Waals surface area contributed by atoms with Gasteiger partial charge in [-0.05, 0) is 38.4 Å². The van der Waals surface area contributed by atoms with Gasteiger partial charge in [-0.3, -0.25) is 19.8 Å². The molecule has 3 aromatic heterocycles. The largest absolute Gasteiger partial charge is 0.297 e. The zero-order valence-corrected chi connectivity index (χ0v) is 14.7. The summed E-state index contributed by atoms with van der Waals surface area (Å²) in [4.78, 5) is 23.8. The third-order valence-electron chi connectivity index (χ3n) is 4.93. The van der Waals surface area contributed by atoms with Crippen LogP contribution in [0.4, 0.5) is 0 Å². The van der Waals surface area contributed by atoms with Crippen LogP contribution in [0, 0.1) is 6.92 Å². The van der Waals surface area contributed by atoms with Crippen LogP contribution in [0.1, 0.15) is 42.0 Å². The van der Waals surface area contributed by atoms with Gasteiger partial charge in [0.05, 0.1) is 5.69 Å². The van der Waals surface area contributed by atoms with Crippen molar-refractivity contribution in [1.29, 1.82) is 0 Å². The number of rotatable bonds is 4. The molecule has 1 saturated heterocycles. The number of nitrogens with zero attached hydrogens (tertiary/aromatic N) is 4. The average Bonchev–Trinajstić information content (AvgIpc) is 3.21. The lowest BCUT2D eigenvalue weighted by molar-refractivity contribution is 0.322. The molecule has 130 valence electrons. The molecule has 0 amide bonds. The first-order valence-corrected chi connectivity index (χ1v) is 8.89. The van der Waals surface area contributed by atoms with E-state index in [-0.39, 0.29) is 5.56 Å². The molecule has 0 bridgehead atoms. The molecule has 0 saturated carbocycles. The van der Waals surface area contributed by atoms with Crippen LogP contribution < -0.4 is 5.56 Å². The van der Waals surface area contributed by atoms with Crippen molar-refractivity contribution in [3.05, 3.63) is 63.5 Å². The summed E-state index contributed by atoms with van der Waals surface area (Å²) >= 11 is 0. The highest BCUT2D eigenvalue weighted by Gasteiger charge is 2.26. The van der Waals surface area contributed by atoms with E-state index in [0.717, 1.165) is 60.9 Å². The third kappa shape index (κ3) is 3.22. The lowest BCUT2D eigenvalue weighted by atomic mass is 10.1. The number of fused-ring (bicyclic) bond motifs is 1. The highest BCUT2D eigenvalue weighted by Crippen LogP contribution is 2.27. The summed E-state index contributed by atoms with van der Waals surface area (Å²) in [6.45, 7) is 6.92. The van der Waals surface area contributed by atoms with Crippen molar-refractivity contribution in [1.82, 2.24) is 24.5 Å². The van der Waals surface area contributed by atoms with Gasteiger partial charge < -0.3 is 0 Å². The van der Waals surface area contributed by atoms with Crippen molar-refractivity contribution in [2.75, 3.05) is 13.1 Å². The maximum Gasteiger partial charge on any atom is 0.272 e. The Labute approximate surface area is 146 Å². The van der Waals surface area contributed by atoms with Crippen molar-refractivity contribution in [2.45, 2.75) is 39.2 Å². The van der Waals surface area contributed by atoms with E-state index in [4.69, 9.17) is 0 Å². The summed E-state index contributed by atoms with van der Waals surface area (Å²) in [6.07, 6.45) is 1.85. The summed E-state index contributed by atoms with van der Waals surface area (Å²) in [5.41, 5.74) is 4.79. The van der Waals surface area contributed by atoms with Gasteiger partial charge in [0.25, 0.3) is 5.56 Å². The first kappa shape index (κ1) is 16.0. The molecule has 1 fully saturated rings. The Kier molecular flexibility index (Phi) is 4.13. The quantitative estimate of drug-likeness (QED) is 0.793. The van der Waals surface area contributed by atoms with Crippen molar-refractivity contribution in [3.63, 3.8) is 0 Å². The van der Waals surface area contributed by atoms with Gasteiger partial charge in [0, 0.05) is 48.2 Å². The molecule has 4 rings (SSSR count). The molecule has 6 heteroatoms. The molecule has 0 spiro atoms. The number of aromatic nitrogens is 4. The first-order valence-electron chi connectivity index (χ1n) is 8.89. The van der Waals surface area contributed by atoms with Gasteiger partial charge in [-0.1, -0.05) is 13.0 Å². The highest BCUT2D eigenvalue weighted by atomic mass is 16.1. The van der Waals surface area contributed by atoms with E-state index >= 15 is 0 Å². The second-order valence-electron chi connectivity index (χ2n) is 6.84. The molecule has 4 heterocycles. The molecular formula is C19H23N5O. The number of pyridine rings is 1. The molecule has 1 aliphatic heterocycles. The van der Waals surface area contributed by atoms with Crippen LogP contribution in [0.3, 0.4) is 0 Å². The molecule has 25 heavy (non-hydrogen) atoms. The molecule has 0 aliphatic carbocycles. The predicted molar refractivity (Wildman–Crippen MR) is 96.8 cm³/mol. The Morgan fingerprint density at radius 1 is 1.24 bits per heavy atom. The van der Waals surface area contributed by atoms with Gasteiger partial charge in [0.1, 0.15) is 0 Å². The van der Waals surface area contributed by atoms with E-state index in [1.165, 1.54) is 0 Å². The first-order chi connectivity index (χ1) is 12.1. The molecule has 0 aromatic carbocycles. The van der Waals surface area contributed by atoms with Crippen LogP contribution in [-0.4, -0.2) is 37.6 Å². The van der Waals surface area contributed by atoms with Crippen LogP contribution in [-0.2, 0) is 13.0 Å². The van der Waals surface area contributed by atoms with E-state index in [0.29, 0.717) is 5.92 Å². The molecular weight excluding hydrogens is 314 g/mol. The number of aryl methyl sites for hydroxylation is 2. The van der Waals surface area contributed by atoms with Gasteiger partial charge >= 0.3 is 0 Å². The Morgan fingerprint density at radius 2 is 2.12 bits per heavy atom. The van der Waals surface area contributed by atoms with Gasteiger partial charge in [0.2, 0.25) is 0 Å². The van der Waals surface area contributed by atoms with E-state index < -0.39 is 0 Å². The number of likely N-dealkylation sites (tertiary alicyclic amines) is 1. The third-order valence-corrected chi connectivity index (χ3v) is 4.93. The molecule has 0 radical (unpaired) electrons. The Hall–Kier alpha value is -2.47. The van der Waals surface area contributed by atoms with Crippen molar-refractivity contribution in [3.8, 4) is 0 Å². The summed E-state index contributed by atoms with van der Waals surface area (Å²) in [5, 5.41) is 3.25. The predicted octanol–water partition coefficient (Wildman–Crippen LogP) is 2.28. The zero-order valence-electron chi connectivity index (χ0n) is 14.7. The molecule has 1 N–H and O–H groups in total. The van der Waals surface area contributed by atoms with Crippen LogP contribution >= 0.6 is 0 Å².